The monoisotopic (exact) mass is 244 g/mol. The van der Waals surface area contributed by atoms with E-state index in [1.165, 1.54) is 13.8 Å². The number of carboxylic acids is 1. The number of aliphatic hydroxyl groups excluding tert-OH is 1. The van der Waals surface area contributed by atoms with Crippen LogP contribution < -0.4 is 0 Å². The molecule has 0 aliphatic rings. The Morgan fingerprint density at radius 3 is 2.39 bits per heavy atom. The van der Waals surface area contributed by atoms with E-state index < -0.39 is 17.5 Å². The lowest BCUT2D eigenvalue weighted by molar-refractivity contribution is -0.153. The Kier molecular flexibility index (Phi) is 3.09. The van der Waals surface area contributed by atoms with E-state index in [1.807, 2.05) is 36.4 Å². The average Bonchev–Trinajstić information content (AvgIpc) is 2.37. The van der Waals surface area contributed by atoms with Crippen molar-refractivity contribution in [1.29, 1.82) is 0 Å². The lowest BCUT2D eigenvalue weighted by atomic mass is 9.81. The Bertz CT molecular complexity index is 582. The van der Waals surface area contributed by atoms with Crippen LogP contribution >= 0.6 is 0 Å². The Balaban J connectivity index is 2.58. The van der Waals surface area contributed by atoms with Gasteiger partial charge in [-0.3, -0.25) is 4.79 Å². The van der Waals surface area contributed by atoms with E-state index in [0.717, 1.165) is 10.8 Å². The lowest BCUT2D eigenvalue weighted by Crippen LogP contribution is -2.31. The maximum Gasteiger partial charge on any atom is 0.312 e. The van der Waals surface area contributed by atoms with Crippen molar-refractivity contribution in [2.24, 2.45) is 5.41 Å². The Morgan fingerprint density at radius 1 is 1.11 bits per heavy atom. The molecule has 0 radical (unpaired) electrons. The second-order valence-electron chi connectivity index (χ2n) is 5.00. The van der Waals surface area contributed by atoms with Crippen molar-refractivity contribution in [2.45, 2.75) is 20.0 Å². The number of fused-ring (bicyclic) bond motifs is 1. The third kappa shape index (κ3) is 1.97. The van der Waals surface area contributed by atoms with Crippen molar-refractivity contribution in [2.75, 3.05) is 0 Å². The van der Waals surface area contributed by atoms with Crippen LogP contribution in [0.4, 0.5) is 0 Å². The molecular formula is C15H16O3. The second kappa shape index (κ2) is 4.42. The van der Waals surface area contributed by atoms with Gasteiger partial charge in [0.1, 0.15) is 0 Å². The number of aliphatic carboxylic acids is 1. The molecule has 94 valence electrons. The first-order valence-corrected chi connectivity index (χ1v) is 5.83. The van der Waals surface area contributed by atoms with Crippen molar-refractivity contribution in [3.63, 3.8) is 0 Å². The molecule has 3 heteroatoms. The molecule has 2 N–H and O–H groups in total. The highest BCUT2D eigenvalue weighted by molar-refractivity contribution is 5.87. The summed E-state index contributed by atoms with van der Waals surface area (Å²) in [5, 5.41) is 21.4. The minimum absolute atomic E-state index is 0.653. The Hall–Kier alpha value is -1.87. The number of carbonyl (C=O) groups is 1. The number of hydrogen-bond acceptors (Lipinski definition) is 2. The molecule has 1 atom stereocenters. The summed E-state index contributed by atoms with van der Waals surface area (Å²) in [6.07, 6.45) is -1.04. The standard InChI is InChI=1S/C15H16O3/c1-15(2,14(17)18)13(16)12-9-5-7-10-6-3-4-8-11(10)12/h3-9,13,16H,1-2H3,(H,17,18). The van der Waals surface area contributed by atoms with Crippen LogP contribution in [0.2, 0.25) is 0 Å². The van der Waals surface area contributed by atoms with Crippen LogP contribution in [0.25, 0.3) is 10.8 Å². The molecule has 0 aromatic heterocycles. The van der Waals surface area contributed by atoms with Crippen LogP contribution in [0.3, 0.4) is 0 Å². The molecule has 3 nitrogen and oxygen atoms in total. The molecule has 0 aliphatic carbocycles. The maximum atomic E-state index is 11.2. The van der Waals surface area contributed by atoms with E-state index in [9.17, 15) is 15.0 Å². The molecule has 1 unspecified atom stereocenters. The number of carboxylic acid groups (broad SMARTS) is 1. The van der Waals surface area contributed by atoms with Crippen LogP contribution in [0.5, 0.6) is 0 Å². The summed E-state index contributed by atoms with van der Waals surface area (Å²) in [4.78, 5) is 11.2. The lowest BCUT2D eigenvalue weighted by Gasteiger charge is -2.27. The zero-order chi connectivity index (χ0) is 13.3. The van der Waals surface area contributed by atoms with Gasteiger partial charge in [0.25, 0.3) is 0 Å². The fourth-order valence-electron chi connectivity index (χ4n) is 1.99. The summed E-state index contributed by atoms with van der Waals surface area (Å²) in [6.45, 7) is 3.06. The molecule has 2 rings (SSSR count). The average molecular weight is 244 g/mol. The number of hydrogen-bond donors (Lipinski definition) is 2. The van der Waals surface area contributed by atoms with Gasteiger partial charge in [0.15, 0.2) is 0 Å². The van der Waals surface area contributed by atoms with E-state index in [0.29, 0.717) is 5.56 Å². The van der Waals surface area contributed by atoms with Crippen molar-refractivity contribution < 1.29 is 15.0 Å². The number of benzene rings is 2. The molecule has 2 aromatic rings. The molecule has 0 saturated carbocycles. The highest BCUT2D eigenvalue weighted by Gasteiger charge is 2.37. The molecule has 18 heavy (non-hydrogen) atoms. The van der Waals surface area contributed by atoms with Gasteiger partial charge in [-0.2, -0.15) is 0 Å². The largest absolute Gasteiger partial charge is 0.481 e. The molecule has 0 bridgehead atoms. The van der Waals surface area contributed by atoms with E-state index in [-0.39, 0.29) is 0 Å². The minimum atomic E-state index is -1.22. The van der Waals surface area contributed by atoms with Gasteiger partial charge in [-0.1, -0.05) is 42.5 Å². The zero-order valence-electron chi connectivity index (χ0n) is 10.4. The van der Waals surface area contributed by atoms with Gasteiger partial charge in [0.2, 0.25) is 0 Å². The molecule has 0 spiro atoms. The summed E-state index contributed by atoms with van der Waals surface area (Å²) >= 11 is 0. The fraction of sp³-hybridized carbons (Fsp3) is 0.267. The molecule has 0 saturated heterocycles. The first-order chi connectivity index (χ1) is 8.44. The van der Waals surface area contributed by atoms with Gasteiger partial charge in [-0.25, -0.2) is 0 Å². The third-order valence-corrected chi connectivity index (χ3v) is 3.35. The zero-order valence-corrected chi connectivity index (χ0v) is 10.4. The van der Waals surface area contributed by atoms with Crippen molar-refractivity contribution in [3.8, 4) is 0 Å². The molecule has 2 aromatic carbocycles. The SMILES string of the molecule is CC(C)(C(=O)O)C(O)c1cccc2ccccc12. The molecule has 0 heterocycles. The van der Waals surface area contributed by atoms with E-state index in [4.69, 9.17) is 0 Å². The minimum Gasteiger partial charge on any atom is -0.481 e. The van der Waals surface area contributed by atoms with Crippen molar-refractivity contribution in [3.05, 3.63) is 48.0 Å². The van der Waals surface area contributed by atoms with Gasteiger partial charge in [0, 0.05) is 0 Å². The van der Waals surface area contributed by atoms with Gasteiger partial charge in [-0.05, 0) is 30.2 Å². The first kappa shape index (κ1) is 12.6. The first-order valence-electron chi connectivity index (χ1n) is 5.83. The van der Waals surface area contributed by atoms with Gasteiger partial charge in [0.05, 0.1) is 11.5 Å². The van der Waals surface area contributed by atoms with Crippen LogP contribution in [0.1, 0.15) is 25.5 Å². The van der Waals surface area contributed by atoms with Crippen LogP contribution in [-0.2, 0) is 4.79 Å². The highest BCUT2D eigenvalue weighted by Crippen LogP contribution is 2.36. The van der Waals surface area contributed by atoms with Gasteiger partial charge < -0.3 is 10.2 Å². The Labute approximate surface area is 106 Å². The summed E-state index contributed by atoms with van der Waals surface area (Å²) in [5.74, 6) is -1.01. The van der Waals surface area contributed by atoms with E-state index in [1.54, 1.807) is 6.07 Å². The van der Waals surface area contributed by atoms with Crippen molar-refractivity contribution >= 4 is 16.7 Å². The fourth-order valence-corrected chi connectivity index (χ4v) is 1.99. The maximum absolute atomic E-state index is 11.2. The topological polar surface area (TPSA) is 57.5 Å². The van der Waals surface area contributed by atoms with Gasteiger partial charge >= 0.3 is 5.97 Å². The van der Waals surface area contributed by atoms with Crippen LogP contribution in [0.15, 0.2) is 42.5 Å². The number of aliphatic hydroxyl groups is 1. The molecule has 0 aliphatic heterocycles. The normalized spacial score (nSPS) is 13.5. The predicted octanol–water partition coefficient (Wildman–Crippen LogP) is 2.98. The molecule has 0 amide bonds. The summed E-state index contributed by atoms with van der Waals surface area (Å²) in [5.41, 5.74) is -0.565. The Morgan fingerprint density at radius 2 is 1.72 bits per heavy atom. The van der Waals surface area contributed by atoms with Crippen molar-refractivity contribution in [1.82, 2.24) is 0 Å². The summed E-state index contributed by atoms with van der Waals surface area (Å²) in [7, 11) is 0. The molecular weight excluding hydrogens is 228 g/mol. The van der Waals surface area contributed by atoms with Gasteiger partial charge in [-0.15, -0.1) is 0 Å². The summed E-state index contributed by atoms with van der Waals surface area (Å²) in [6, 6.07) is 13.2. The quantitative estimate of drug-likeness (QED) is 0.872. The highest BCUT2D eigenvalue weighted by atomic mass is 16.4. The molecule has 0 fully saturated rings. The van der Waals surface area contributed by atoms with E-state index in [2.05, 4.69) is 0 Å². The number of rotatable bonds is 3. The van der Waals surface area contributed by atoms with Crippen LogP contribution in [0, 0.1) is 5.41 Å². The van der Waals surface area contributed by atoms with Crippen LogP contribution in [-0.4, -0.2) is 16.2 Å². The second-order valence-corrected chi connectivity index (χ2v) is 5.00. The smallest absolute Gasteiger partial charge is 0.312 e. The predicted molar refractivity (Wildman–Crippen MR) is 70.3 cm³/mol. The van der Waals surface area contributed by atoms with E-state index >= 15 is 0 Å². The summed E-state index contributed by atoms with van der Waals surface area (Å²) < 4.78 is 0. The third-order valence-electron chi connectivity index (χ3n) is 3.35.